The van der Waals surface area contributed by atoms with Gasteiger partial charge in [0.2, 0.25) is 5.88 Å². The fraction of sp³-hybridized carbons (Fsp3) is 0.391. The number of aliphatic hydroxyl groups is 1. The normalized spacial score (nSPS) is 18.6. The van der Waals surface area contributed by atoms with Gasteiger partial charge in [0.1, 0.15) is 35.2 Å². The van der Waals surface area contributed by atoms with Crippen LogP contribution < -0.4 is 19.9 Å². The van der Waals surface area contributed by atoms with Crippen LogP contribution in [0.1, 0.15) is 26.0 Å². The minimum absolute atomic E-state index is 0.0549. The Morgan fingerprint density at radius 3 is 2.75 bits per heavy atom. The standard InChI is InChI=1S/C23H25N5O4/c1-14(2)31-16-5-7-21(25-12-16)32-20-8-9-28(13-19(20)29)18-10-22(30)27(3)17-6-4-15(11-24)26-23(17)18/h4-7,10,12,14,19-20,29H,8-9,13H2,1-3H3/t19-,20-/m0/s1. The van der Waals surface area contributed by atoms with Gasteiger partial charge in [-0.3, -0.25) is 4.79 Å². The minimum atomic E-state index is -0.796. The highest BCUT2D eigenvalue weighted by atomic mass is 16.5. The fourth-order valence-electron chi connectivity index (χ4n) is 3.81. The van der Waals surface area contributed by atoms with Crippen molar-refractivity contribution in [3.05, 3.63) is 52.6 Å². The molecule has 4 rings (SSSR count). The van der Waals surface area contributed by atoms with Gasteiger partial charge in [-0.1, -0.05) is 0 Å². The van der Waals surface area contributed by atoms with Crippen molar-refractivity contribution in [1.82, 2.24) is 14.5 Å². The summed E-state index contributed by atoms with van der Waals surface area (Å²) in [6.07, 6.45) is 0.953. The molecule has 0 amide bonds. The number of nitriles is 1. The predicted octanol–water partition coefficient (Wildman–Crippen LogP) is 2.01. The summed E-state index contributed by atoms with van der Waals surface area (Å²) in [4.78, 5) is 23.1. The number of hydrogen-bond acceptors (Lipinski definition) is 8. The summed E-state index contributed by atoms with van der Waals surface area (Å²) in [5, 5.41) is 20.0. The van der Waals surface area contributed by atoms with Crippen LogP contribution in [0.25, 0.3) is 11.0 Å². The van der Waals surface area contributed by atoms with E-state index in [0.717, 1.165) is 0 Å². The van der Waals surface area contributed by atoms with Gasteiger partial charge in [-0.15, -0.1) is 0 Å². The van der Waals surface area contributed by atoms with Gasteiger partial charge in [0.25, 0.3) is 5.56 Å². The van der Waals surface area contributed by atoms with E-state index in [-0.39, 0.29) is 23.9 Å². The predicted molar refractivity (Wildman–Crippen MR) is 119 cm³/mol. The van der Waals surface area contributed by atoms with Crippen molar-refractivity contribution in [2.45, 2.75) is 38.6 Å². The number of hydrogen-bond donors (Lipinski definition) is 1. The molecule has 0 saturated carbocycles. The highest BCUT2D eigenvalue weighted by Gasteiger charge is 2.31. The van der Waals surface area contributed by atoms with Gasteiger partial charge in [-0.2, -0.15) is 5.26 Å². The van der Waals surface area contributed by atoms with Gasteiger partial charge in [-0.05, 0) is 32.0 Å². The van der Waals surface area contributed by atoms with Gasteiger partial charge in [-0.25, -0.2) is 9.97 Å². The van der Waals surface area contributed by atoms with E-state index in [0.29, 0.717) is 41.3 Å². The van der Waals surface area contributed by atoms with Crippen molar-refractivity contribution in [2.75, 3.05) is 18.0 Å². The number of nitrogens with zero attached hydrogens (tertiary/aromatic N) is 5. The van der Waals surface area contributed by atoms with Crippen molar-refractivity contribution in [3.63, 3.8) is 0 Å². The van der Waals surface area contributed by atoms with Crippen LogP contribution in [0.2, 0.25) is 0 Å². The smallest absolute Gasteiger partial charge is 0.252 e. The molecule has 0 radical (unpaired) electrons. The molecule has 0 unspecified atom stereocenters. The Hall–Kier alpha value is -3.64. The number of aromatic nitrogens is 3. The first-order valence-corrected chi connectivity index (χ1v) is 10.5. The van der Waals surface area contributed by atoms with E-state index in [1.54, 1.807) is 37.5 Å². The topological polar surface area (TPSA) is 114 Å². The monoisotopic (exact) mass is 435 g/mol. The lowest BCUT2D eigenvalue weighted by atomic mass is 10.0. The SMILES string of the molecule is CC(C)Oc1ccc(O[C@H]2CCN(c3cc(=O)n(C)c4ccc(C#N)nc34)C[C@@H]2O)nc1. The summed E-state index contributed by atoms with van der Waals surface area (Å²) < 4.78 is 13.0. The molecule has 32 heavy (non-hydrogen) atoms. The molecule has 3 aromatic heterocycles. The summed E-state index contributed by atoms with van der Waals surface area (Å²) in [6, 6.07) is 10.4. The molecule has 2 atom stereocenters. The van der Waals surface area contributed by atoms with Crippen molar-refractivity contribution < 1.29 is 14.6 Å². The molecular formula is C23H25N5O4. The number of fused-ring (bicyclic) bond motifs is 1. The fourth-order valence-corrected chi connectivity index (χ4v) is 3.81. The maximum Gasteiger partial charge on any atom is 0.252 e. The van der Waals surface area contributed by atoms with Crippen LogP contribution in [0.15, 0.2) is 41.3 Å². The van der Waals surface area contributed by atoms with Gasteiger partial charge < -0.3 is 24.0 Å². The molecule has 4 heterocycles. The molecule has 9 heteroatoms. The second-order valence-electron chi connectivity index (χ2n) is 8.06. The van der Waals surface area contributed by atoms with Crippen LogP contribution in [0.5, 0.6) is 11.6 Å². The molecule has 0 aromatic carbocycles. The lowest BCUT2D eigenvalue weighted by Crippen LogP contribution is -2.49. The maximum absolute atomic E-state index is 12.5. The zero-order valence-corrected chi connectivity index (χ0v) is 18.2. The van der Waals surface area contributed by atoms with E-state index in [4.69, 9.17) is 9.47 Å². The number of aryl methyl sites for hydroxylation is 1. The van der Waals surface area contributed by atoms with Crippen LogP contribution in [0, 0.1) is 11.3 Å². The number of anilines is 1. The third kappa shape index (κ3) is 4.36. The zero-order valence-electron chi connectivity index (χ0n) is 18.2. The van der Waals surface area contributed by atoms with E-state index in [9.17, 15) is 15.2 Å². The maximum atomic E-state index is 12.5. The van der Waals surface area contributed by atoms with E-state index in [2.05, 4.69) is 9.97 Å². The van der Waals surface area contributed by atoms with E-state index < -0.39 is 12.2 Å². The molecule has 1 saturated heterocycles. The number of aliphatic hydroxyl groups excluding tert-OH is 1. The zero-order chi connectivity index (χ0) is 22.8. The third-order valence-corrected chi connectivity index (χ3v) is 5.40. The Labute approximate surface area is 185 Å². The van der Waals surface area contributed by atoms with Gasteiger partial charge >= 0.3 is 0 Å². The largest absolute Gasteiger partial charge is 0.489 e. The Balaban J connectivity index is 1.52. The molecule has 166 valence electrons. The molecule has 0 aliphatic carbocycles. The molecule has 9 nitrogen and oxygen atoms in total. The minimum Gasteiger partial charge on any atom is -0.489 e. The van der Waals surface area contributed by atoms with Gasteiger partial charge in [0.05, 0.1) is 23.5 Å². The highest BCUT2D eigenvalue weighted by Crippen LogP contribution is 2.28. The quantitative estimate of drug-likeness (QED) is 0.647. The molecule has 0 bridgehead atoms. The number of β-amino-alcohol motifs (C(OH)–C–C–N with tert-alkyl or cyclic N) is 1. The summed E-state index contributed by atoms with van der Waals surface area (Å²) in [6.45, 7) is 4.70. The van der Waals surface area contributed by atoms with Crippen molar-refractivity contribution in [1.29, 1.82) is 5.26 Å². The van der Waals surface area contributed by atoms with Gasteiger partial charge in [0, 0.05) is 38.7 Å². The number of pyridine rings is 3. The summed E-state index contributed by atoms with van der Waals surface area (Å²) in [5.41, 5.74) is 1.88. The molecule has 1 aliphatic rings. The second kappa shape index (κ2) is 8.85. The summed E-state index contributed by atoms with van der Waals surface area (Å²) in [5.74, 6) is 1.07. The molecule has 1 aliphatic heterocycles. The Kier molecular flexibility index (Phi) is 5.97. The average molecular weight is 435 g/mol. The lowest BCUT2D eigenvalue weighted by Gasteiger charge is -2.37. The molecule has 0 spiro atoms. The molecule has 3 aromatic rings. The third-order valence-electron chi connectivity index (χ3n) is 5.40. The van der Waals surface area contributed by atoms with E-state index in [1.165, 1.54) is 10.6 Å². The first-order chi connectivity index (χ1) is 15.4. The van der Waals surface area contributed by atoms with Crippen molar-refractivity contribution >= 4 is 16.7 Å². The Morgan fingerprint density at radius 2 is 2.09 bits per heavy atom. The van der Waals surface area contributed by atoms with Crippen molar-refractivity contribution in [2.24, 2.45) is 7.05 Å². The molecule has 1 fully saturated rings. The first kappa shape index (κ1) is 21.6. The van der Waals surface area contributed by atoms with Crippen LogP contribution in [0.3, 0.4) is 0 Å². The second-order valence-corrected chi connectivity index (χ2v) is 8.06. The van der Waals surface area contributed by atoms with Crippen molar-refractivity contribution in [3.8, 4) is 17.7 Å². The van der Waals surface area contributed by atoms with Crippen LogP contribution in [-0.2, 0) is 7.05 Å². The number of piperidine rings is 1. The highest BCUT2D eigenvalue weighted by molar-refractivity contribution is 5.88. The van der Waals surface area contributed by atoms with Gasteiger partial charge in [0.15, 0.2) is 0 Å². The molecule has 1 N–H and O–H groups in total. The van der Waals surface area contributed by atoms with Crippen LogP contribution >= 0.6 is 0 Å². The number of rotatable bonds is 5. The number of ether oxygens (including phenoxy) is 2. The summed E-state index contributed by atoms with van der Waals surface area (Å²) in [7, 11) is 1.67. The summed E-state index contributed by atoms with van der Waals surface area (Å²) >= 11 is 0. The average Bonchev–Trinajstić information content (AvgIpc) is 2.78. The van der Waals surface area contributed by atoms with E-state index in [1.807, 2.05) is 24.8 Å². The Bertz CT molecular complexity index is 1220. The first-order valence-electron chi connectivity index (χ1n) is 10.5. The van der Waals surface area contributed by atoms with Crippen LogP contribution in [-0.4, -0.2) is 51.0 Å². The molecular weight excluding hydrogens is 410 g/mol. The Morgan fingerprint density at radius 1 is 1.28 bits per heavy atom. The van der Waals surface area contributed by atoms with Crippen LogP contribution in [0.4, 0.5) is 5.69 Å². The lowest BCUT2D eigenvalue weighted by molar-refractivity contribution is 0.0216. The van der Waals surface area contributed by atoms with E-state index >= 15 is 0 Å².